The fraction of sp³-hybridized carbons (Fsp3) is 0.333. The SMILES string of the molecule is CC(C)(C)c1ccc(C(=O)N[C@@H]2CC(=O)N(c3ccc(F)cc3)C2)cc1. The number of nitrogens with zero attached hydrogens (tertiary/aromatic N) is 1. The van der Waals surface area contributed by atoms with Gasteiger partial charge in [0, 0.05) is 24.2 Å². The van der Waals surface area contributed by atoms with E-state index >= 15 is 0 Å². The molecule has 0 spiro atoms. The minimum Gasteiger partial charge on any atom is -0.347 e. The molecule has 1 fully saturated rings. The third-order valence-electron chi connectivity index (χ3n) is 4.61. The molecule has 1 saturated heterocycles. The summed E-state index contributed by atoms with van der Waals surface area (Å²) >= 11 is 0. The Morgan fingerprint density at radius 1 is 1.08 bits per heavy atom. The van der Waals surface area contributed by atoms with Gasteiger partial charge in [0.15, 0.2) is 0 Å². The first-order valence-corrected chi connectivity index (χ1v) is 8.71. The van der Waals surface area contributed by atoms with Crippen molar-refractivity contribution in [1.29, 1.82) is 0 Å². The Balaban J connectivity index is 1.65. The highest BCUT2D eigenvalue weighted by atomic mass is 19.1. The molecule has 0 saturated carbocycles. The van der Waals surface area contributed by atoms with Gasteiger partial charge in [-0.3, -0.25) is 9.59 Å². The van der Waals surface area contributed by atoms with E-state index < -0.39 is 0 Å². The minimum absolute atomic E-state index is 0.0303. The second-order valence-corrected chi connectivity index (χ2v) is 7.68. The summed E-state index contributed by atoms with van der Waals surface area (Å²) in [6.45, 7) is 6.75. The van der Waals surface area contributed by atoms with E-state index in [1.807, 2.05) is 24.3 Å². The molecule has 1 heterocycles. The van der Waals surface area contributed by atoms with E-state index in [1.54, 1.807) is 17.0 Å². The molecule has 0 radical (unpaired) electrons. The highest BCUT2D eigenvalue weighted by Crippen LogP contribution is 2.23. The first-order chi connectivity index (χ1) is 12.2. The predicted octanol–water partition coefficient (Wildman–Crippen LogP) is 3.66. The predicted molar refractivity (Wildman–Crippen MR) is 99.8 cm³/mol. The van der Waals surface area contributed by atoms with Crippen LogP contribution in [0.1, 0.15) is 43.1 Å². The molecular weight excluding hydrogens is 331 g/mol. The molecule has 0 unspecified atom stereocenters. The summed E-state index contributed by atoms with van der Waals surface area (Å²) in [5, 5.41) is 2.92. The van der Waals surface area contributed by atoms with Crippen molar-refractivity contribution in [2.75, 3.05) is 11.4 Å². The summed E-state index contributed by atoms with van der Waals surface area (Å²) in [5.41, 5.74) is 2.41. The average Bonchev–Trinajstić information content (AvgIpc) is 2.95. The summed E-state index contributed by atoms with van der Waals surface area (Å²) in [6.07, 6.45) is 0.239. The first kappa shape index (κ1) is 18.1. The molecule has 1 aliphatic rings. The van der Waals surface area contributed by atoms with Crippen molar-refractivity contribution in [3.63, 3.8) is 0 Å². The maximum Gasteiger partial charge on any atom is 0.251 e. The molecule has 1 atom stereocenters. The van der Waals surface area contributed by atoms with E-state index in [2.05, 4.69) is 26.1 Å². The van der Waals surface area contributed by atoms with Crippen LogP contribution in [0.5, 0.6) is 0 Å². The summed E-state index contributed by atoms with van der Waals surface area (Å²) in [6, 6.07) is 13.1. The van der Waals surface area contributed by atoms with Crippen molar-refractivity contribution in [1.82, 2.24) is 5.32 Å². The number of amides is 2. The van der Waals surface area contributed by atoms with Gasteiger partial charge < -0.3 is 10.2 Å². The molecule has 0 aromatic heterocycles. The first-order valence-electron chi connectivity index (χ1n) is 8.71. The van der Waals surface area contributed by atoms with Gasteiger partial charge in [-0.05, 0) is 47.4 Å². The number of hydrogen-bond donors (Lipinski definition) is 1. The number of rotatable bonds is 3. The molecule has 0 aliphatic carbocycles. The zero-order valence-electron chi connectivity index (χ0n) is 15.3. The van der Waals surface area contributed by atoms with Crippen LogP contribution in [0.25, 0.3) is 0 Å². The molecule has 2 aromatic rings. The lowest BCUT2D eigenvalue weighted by atomic mass is 9.86. The van der Waals surface area contributed by atoms with Crippen LogP contribution in [0.15, 0.2) is 48.5 Å². The maximum atomic E-state index is 13.0. The summed E-state index contributed by atoms with van der Waals surface area (Å²) in [4.78, 5) is 26.3. The lowest BCUT2D eigenvalue weighted by molar-refractivity contribution is -0.117. The number of halogens is 1. The van der Waals surface area contributed by atoms with E-state index in [-0.39, 0.29) is 35.5 Å². The molecule has 5 heteroatoms. The summed E-state index contributed by atoms with van der Waals surface area (Å²) < 4.78 is 13.0. The van der Waals surface area contributed by atoms with Gasteiger partial charge in [0.05, 0.1) is 6.04 Å². The average molecular weight is 354 g/mol. The zero-order chi connectivity index (χ0) is 18.9. The van der Waals surface area contributed by atoms with Gasteiger partial charge in [-0.15, -0.1) is 0 Å². The monoisotopic (exact) mass is 354 g/mol. The molecule has 1 N–H and O–H groups in total. The van der Waals surface area contributed by atoms with Crippen LogP contribution in [0, 0.1) is 5.82 Å². The Kier molecular flexibility index (Phi) is 4.81. The van der Waals surface area contributed by atoms with Gasteiger partial charge in [0.1, 0.15) is 5.82 Å². The number of carbonyl (C=O) groups excluding carboxylic acids is 2. The number of anilines is 1. The second-order valence-electron chi connectivity index (χ2n) is 7.68. The normalized spacial score (nSPS) is 17.5. The van der Waals surface area contributed by atoms with Crippen molar-refractivity contribution in [2.24, 2.45) is 0 Å². The maximum absolute atomic E-state index is 13.0. The topological polar surface area (TPSA) is 49.4 Å². The number of benzene rings is 2. The molecule has 4 nitrogen and oxygen atoms in total. The largest absolute Gasteiger partial charge is 0.347 e. The lowest BCUT2D eigenvalue weighted by Gasteiger charge is -2.19. The van der Waals surface area contributed by atoms with E-state index in [1.165, 1.54) is 12.1 Å². The van der Waals surface area contributed by atoms with Crippen LogP contribution in [-0.4, -0.2) is 24.4 Å². The highest BCUT2D eigenvalue weighted by Gasteiger charge is 2.31. The molecule has 2 amide bonds. The Labute approximate surface area is 153 Å². The molecule has 136 valence electrons. The van der Waals surface area contributed by atoms with Crippen LogP contribution in [0.4, 0.5) is 10.1 Å². The standard InChI is InChI=1S/C21H23FN2O2/c1-21(2,3)15-6-4-14(5-7-15)20(26)23-17-12-19(25)24(13-17)18-10-8-16(22)9-11-18/h4-11,17H,12-13H2,1-3H3,(H,23,26)/t17-/m1/s1. The number of hydrogen-bond acceptors (Lipinski definition) is 2. The molecule has 3 rings (SSSR count). The van der Waals surface area contributed by atoms with Gasteiger partial charge in [-0.25, -0.2) is 4.39 Å². The Morgan fingerprint density at radius 3 is 2.27 bits per heavy atom. The summed E-state index contributed by atoms with van der Waals surface area (Å²) in [5.74, 6) is -0.613. The van der Waals surface area contributed by atoms with Crippen molar-refractivity contribution < 1.29 is 14.0 Å². The molecule has 1 aliphatic heterocycles. The molecule has 2 aromatic carbocycles. The van der Waals surface area contributed by atoms with Gasteiger partial charge >= 0.3 is 0 Å². The smallest absolute Gasteiger partial charge is 0.251 e. The van der Waals surface area contributed by atoms with E-state index in [0.29, 0.717) is 17.8 Å². The van der Waals surface area contributed by atoms with E-state index in [9.17, 15) is 14.0 Å². The molecule has 0 bridgehead atoms. The van der Waals surface area contributed by atoms with Gasteiger partial charge in [0.2, 0.25) is 5.91 Å². The van der Waals surface area contributed by atoms with E-state index in [0.717, 1.165) is 5.56 Å². The van der Waals surface area contributed by atoms with Crippen molar-refractivity contribution >= 4 is 17.5 Å². The quantitative estimate of drug-likeness (QED) is 0.914. The fourth-order valence-corrected chi connectivity index (χ4v) is 3.07. The van der Waals surface area contributed by atoms with E-state index in [4.69, 9.17) is 0 Å². The van der Waals surface area contributed by atoms with Crippen LogP contribution < -0.4 is 10.2 Å². The zero-order valence-corrected chi connectivity index (χ0v) is 15.3. The van der Waals surface area contributed by atoms with Crippen LogP contribution in [0.3, 0.4) is 0 Å². The number of carbonyl (C=O) groups is 2. The van der Waals surface area contributed by atoms with Crippen molar-refractivity contribution in [3.05, 3.63) is 65.5 Å². The van der Waals surface area contributed by atoms with Gasteiger partial charge in [0.25, 0.3) is 5.91 Å². The minimum atomic E-state index is -0.344. The summed E-state index contributed by atoms with van der Waals surface area (Å²) in [7, 11) is 0. The molecular formula is C21H23FN2O2. The Hall–Kier alpha value is -2.69. The fourth-order valence-electron chi connectivity index (χ4n) is 3.07. The van der Waals surface area contributed by atoms with Crippen LogP contribution in [-0.2, 0) is 10.2 Å². The van der Waals surface area contributed by atoms with Gasteiger partial charge in [-0.1, -0.05) is 32.9 Å². The van der Waals surface area contributed by atoms with Gasteiger partial charge in [-0.2, -0.15) is 0 Å². The molecule has 26 heavy (non-hydrogen) atoms. The van der Waals surface area contributed by atoms with Crippen molar-refractivity contribution in [2.45, 2.75) is 38.6 Å². The Morgan fingerprint density at radius 2 is 1.69 bits per heavy atom. The third kappa shape index (κ3) is 3.93. The van der Waals surface area contributed by atoms with Crippen LogP contribution in [0.2, 0.25) is 0 Å². The second kappa shape index (κ2) is 6.90. The highest BCUT2D eigenvalue weighted by molar-refractivity contribution is 5.98. The van der Waals surface area contributed by atoms with Crippen LogP contribution >= 0.6 is 0 Å². The lowest BCUT2D eigenvalue weighted by Crippen LogP contribution is -2.37. The van der Waals surface area contributed by atoms with Crippen molar-refractivity contribution in [3.8, 4) is 0 Å². The third-order valence-corrected chi connectivity index (χ3v) is 4.61. The Bertz CT molecular complexity index is 807. The number of nitrogens with one attached hydrogen (secondary N) is 1.